The standard InChI is InChI=1S/C40H36F3NO10/c1-26(45)22-23-32(46)52-34-33(53-37(48)29-18-10-4-11-19-29)31(25-50-36(47)28-16-8-3-9-17-28)51-38(35(34)49-24-27-14-6-2-7-15-27)54-39(40(41,42)43)44-30-20-12-5-13-21-30/h2-21,31,33-35,38H,22-25H2,1H3/t31?,33-,34?,35?,38-/m0/s1. The normalized spacial score (nSPS) is 20.0. The highest BCUT2D eigenvalue weighted by Gasteiger charge is 2.54. The number of carbonyl (C=O) groups excluding carboxylic acids is 4. The van der Waals surface area contributed by atoms with Crippen LogP contribution in [0.3, 0.4) is 0 Å². The summed E-state index contributed by atoms with van der Waals surface area (Å²) in [7, 11) is 0. The molecule has 1 aliphatic rings. The van der Waals surface area contributed by atoms with Gasteiger partial charge in [-0.1, -0.05) is 84.9 Å². The van der Waals surface area contributed by atoms with Crippen molar-refractivity contribution in [2.45, 2.75) is 63.3 Å². The van der Waals surface area contributed by atoms with E-state index in [0.29, 0.717) is 5.56 Å². The third-order valence-electron chi connectivity index (χ3n) is 7.92. The first-order valence-electron chi connectivity index (χ1n) is 16.8. The zero-order chi connectivity index (χ0) is 38.5. The summed E-state index contributed by atoms with van der Waals surface area (Å²) in [6.07, 6.45) is -14.5. The number of rotatable bonds is 14. The number of para-hydroxylation sites is 1. The molecule has 54 heavy (non-hydrogen) atoms. The number of ketones is 1. The fourth-order valence-corrected chi connectivity index (χ4v) is 5.28. The van der Waals surface area contributed by atoms with Gasteiger partial charge in [0.2, 0.25) is 6.29 Å². The summed E-state index contributed by atoms with van der Waals surface area (Å²) in [5.41, 5.74) is 0.694. The van der Waals surface area contributed by atoms with E-state index in [-0.39, 0.29) is 35.6 Å². The van der Waals surface area contributed by atoms with Crippen molar-refractivity contribution in [3.63, 3.8) is 0 Å². The molecule has 0 aliphatic carbocycles. The van der Waals surface area contributed by atoms with E-state index in [0.717, 1.165) is 0 Å². The second-order valence-electron chi connectivity index (χ2n) is 12.0. The lowest BCUT2D eigenvalue weighted by molar-refractivity contribution is -0.299. The molecule has 0 N–H and O–H groups in total. The van der Waals surface area contributed by atoms with Crippen molar-refractivity contribution < 1.29 is 60.8 Å². The molecule has 1 fully saturated rings. The molecule has 14 heteroatoms. The number of hydrogen-bond donors (Lipinski definition) is 0. The lowest BCUT2D eigenvalue weighted by Crippen LogP contribution is -2.63. The molecular formula is C40H36F3NO10. The van der Waals surface area contributed by atoms with Gasteiger partial charge < -0.3 is 33.2 Å². The van der Waals surface area contributed by atoms with Crippen LogP contribution in [-0.4, -0.2) is 73.1 Å². The number of aliphatic imine (C=N–C) groups is 1. The molecule has 1 heterocycles. The maximum atomic E-state index is 14.6. The average Bonchev–Trinajstić information content (AvgIpc) is 3.17. The van der Waals surface area contributed by atoms with Crippen LogP contribution in [0.5, 0.6) is 0 Å². The van der Waals surface area contributed by atoms with Gasteiger partial charge in [-0.05, 0) is 48.9 Å². The zero-order valence-electron chi connectivity index (χ0n) is 28.9. The Bertz CT molecular complexity index is 1880. The van der Waals surface area contributed by atoms with E-state index in [2.05, 4.69) is 4.99 Å². The molecule has 4 aromatic carbocycles. The Morgan fingerprint density at radius 3 is 1.80 bits per heavy atom. The second kappa shape index (κ2) is 18.8. The van der Waals surface area contributed by atoms with Gasteiger partial charge in [0.1, 0.15) is 18.5 Å². The number of nitrogens with zero attached hydrogens (tertiary/aromatic N) is 1. The van der Waals surface area contributed by atoms with Gasteiger partial charge in [0.05, 0.1) is 29.8 Å². The van der Waals surface area contributed by atoms with Gasteiger partial charge in [-0.2, -0.15) is 13.2 Å². The molecule has 0 saturated carbocycles. The van der Waals surface area contributed by atoms with E-state index in [1.807, 2.05) is 0 Å². The topological polar surface area (TPSA) is 136 Å². The first-order chi connectivity index (χ1) is 26.0. The summed E-state index contributed by atoms with van der Waals surface area (Å²) in [4.78, 5) is 55.3. The molecule has 1 aliphatic heterocycles. The molecule has 282 valence electrons. The van der Waals surface area contributed by atoms with Crippen molar-refractivity contribution in [2.75, 3.05) is 6.61 Å². The van der Waals surface area contributed by atoms with Gasteiger partial charge in [0, 0.05) is 6.42 Å². The van der Waals surface area contributed by atoms with E-state index >= 15 is 0 Å². The predicted molar refractivity (Wildman–Crippen MR) is 187 cm³/mol. The first kappa shape index (κ1) is 39.3. The maximum Gasteiger partial charge on any atom is 0.468 e. The average molecular weight is 748 g/mol. The summed E-state index contributed by atoms with van der Waals surface area (Å²) in [5, 5.41) is 0. The van der Waals surface area contributed by atoms with Crippen LogP contribution in [0.25, 0.3) is 0 Å². The number of hydrogen-bond acceptors (Lipinski definition) is 11. The molecule has 11 nitrogen and oxygen atoms in total. The SMILES string of the molecule is CC(=O)CCC(=O)OC1C(OCc2ccccc2)[C@H](OC(=Nc2ccccc2)C(F)(F)F)OC(COC(=O)c2ccccc2)[C@@H]1OC(=O)c1ccccc1. The van der Waals surface area contributed by atoms with Gasteiger partial charge in [-0.25, -0.2) is 14.6 Å². The highest BCUT2D eigenvalue weighted by atomic mass is 19.4. The summed E-state index contributed by atoms with van der Waals surface area (Å²) >= 11 is 0. The molecule has 5 rings (SSSR count). The van der Waals surface area contributed by atoms with Crippen molar-refractivity contribution in [1.82, 2.24) is 0 Å². The molecule has 0 amide bonds. The lowest BCUT2D eigenvalue weighted by atomic mass is 9.97. The van der Waals surface area contributed by atoms with Crippen LogP contribution in [0.4, 0.5) is 18.9 Å². The number of alkyl halides is 3. The van der Waals surface area contributed by atoms with Crippen LogP contribution in [0, 0.1) is 0 Å². The molecule has 0 radical (unpaired) electrons. The van der Waals surface area contributed by atoms with E-state index in [1.165, 1.54) is 55.5 Å². The summed E-state index contributed by atoms with van der Waals surface area (Å²) in [6, 6.07) is 31.3. The molecule has 1 saturated heterocycles. The Morgan fingerprint density at radius 1 is 0.667 bits per heavy atom. The number of ether oxygens (including phenoxy) is 6. The van der Waals surface area contributed by atoms with Crippen molar-refractivity contribution in [3.8, 4) is 0 Å². The highest BCUT2D eigenvalue weighted by Crippen LogP contribution is 2.34. The monoisotopic (exact) mass is 747 g/mol. The van der Waals surface area contributed by atoms with Crippen molar-refractivity contribution in [3.05, 3.63) is 138 Å². The van der Waals surface area contributed by atoms with Crippen LogP contribution in [-0.2, 0) is 44.6 Å². The molecule has 0 aromatic heterocycles. The Hall–Kier alpha value is -5.86. The smallest absolute Gasteiger partial charge is 0.459 e. The number of benzene rings is 4. The zero-order valence-corrected chi connectivity index (χ0v) is 28.9. The summed E-state index contributed by atoms with van der Waals surface area (Å²) in [5.74, 6) is -4.77. The largest absolute Gasteiger partial charge is 0.468 e. The molecular weight excluding hydrogens is 711 g/mol. The molecule has 0 bridgehead atoms. The predicted octanol–water partition coefficient (Wildman–Crippen LogP) is 6.97. The van der Waals surface area contributed by atoms with Crippen LogP contribution in [0.15, 0.2) is 126 Å². The fourth-order valence-electron chi connectivity index (χ4n) is 5.28. The molecule has 0 spiro atoms. The quantitative estimate of drug-likeness (QED) is 0.0576. The summed E-state index contributed by atoms with van der Waals surface area (Å²) < 4.78 is 78.6. The Balaban J connectivity index is 1.58. The van der Waals surface area contributed by atoms with Crippen LogP contribution < -0.4 is 0 Å². The summed E-state index contributed by atoms with van der Waals surface area (Å²) in [6.45, 7) is 0.314. The lowest BCUT2D eigenvalue weighted by Gasteiger charge is -2.44. The van der Waals surface area contributed by atoms with Gasteiger partial charge in [0.15, 0.2) is 18.3 Å². The van der Waals surface area contributed by atoms with E-state index in [1.54, 1.807) is 72.8 Å². The minimum atomic E-state index is -5.16. The first-order valence-corrected chi connectivity index (χ1v) is 16.8. The maximum absolute atomic E-state index is 14.6. The van der Waals surface area contributed by atoms with E-state index < -0.39 is 73.7 Å². The Morgan fingerprint density at radius 2 is 1.22 bits per heavy atom. The number of esters is 3. The third kappa shape index (κ3) is 11.3. The minimum absolute atomic E-state index is 0.0775. The Kier molecular flexibility index (Phi) is 13.7. The molecule has 3 unspecified atom stereocenters. The van der Waals surface area contributed by atoms with E-state index in [4.69, 9.17) is 28.4 Å². The number of Topliss-reactive ketones (excluding diaryl/α,β-unsaturated/α-hetero) is 1. The second-order valence-corrected chi connectivity index (χ2v) is 12.0. The third-order valence-corrected chi connectivity index (χ3v) is 7.92. The fraction of sp³-hybridized carbons (Fsp3) is 0.275. The van der Waals surface area contributed by atoms with Gasteiger partial charge in [-0.3, -0.25) is 4.79 Å². The van der Waals surface area contributed by atoms with Gasteiger partial charge in [-0.15, -0.1) is 0 Å². The minimum Gasteiger partial charge on any atom is -0.459 e. The van der Waals surface area contributed by atoms with E-state index in [9.17, 15) is 32.3 Å². The number of halogens is 3. The van der Waals surface area contributed by atoms with Crippen LogP contribution in [0.2, 0.25) is 0 Å². The highest BCUT2D eigenvalue weighted by molar-refractivity contribution is 5.90. The molecule has 4 aromatic rings. The van der Waals surface area contributed by atoms with Crippen LogP contribution in [0.1, 0.15) is 46.0 Å². The van der Waals surface area contributed by atoms with Crippen molar-refractivity contribution in [1.29, 1.82) is 0 Å². The Labute approximate surface area is 308 Å². The van der Waals surface area contributed by atoms with Crippen LogP contribution >= 0.6 is 0 Å². The van der Waals surface area contributed by atoms with Gasteiger partial charge in [0.25, 0.3) is 5.90 Å². The number of carbonyl (C=O) groups is 4. The van der Waals surface area contributed by atoms with Gasteiger partial charge >= 0.3 is 24.1 Å². The van der Waals surface area contributed by atoms with Crippen molar-refractivity contribution >= 4 is 35.3 Å². The van der Waals surface area contributed by atoms with Crippen molar-refractivity contribution in [2.24, 2.45) is 4.99 Å². The molecule has 5 atom stereocenters.